The average Bonchev–Trinajstić information content (AvgIpc) is 3.93. The molecule has 14 heteroatoms. The number of nitrogens with one attached hydrogen (secondary N) is 2. The van der Waals surface area contributed by atoms with E-state index in [1.807, 2.05) is 83.3 Å². The number of imidazole rings is 2. The number of ether oxygens (including phenoxy) is 2. The Morgan fingerprint density at radius 3 is 1.45 bits per heavy atom. The minimum atomic E-state index is -0.471. The number of hydrogen-bond acceptors (Lipinski definition) is 8. The number of aromatic nitrogens is 4. The van der Waals surface area contributed by atoms with Crippen LogP contribution in [0.25, 0.3) is 22.1 Å². The topological polar surface area (TPSA) is 141 Å². The first-order valence-corrected chi connectivity index (χ1v) is 19.9. The predicted octanol–water partition coefficient (Wildman–Crippen LogP) is 5.56. The van der Waals surface area contributed by atoms with Crippen molar-refractivity contribution in [2.24, 2.45) is 0 Å². The minimum Gasteiger partial charge on any atom is -0.453 e. The summed E-state index contributed by atoms with van der Waals surface area (Å²) in [6, 6.07) is 16.2. The zero-order chi connectivity index (χ0) is 39.1. The maximum Gasteiger partial charge on any atom is 0.410 e. The maximum atomic E-state index is 12.5. The van der Waals surface area contributed by atoms with Crippen LogP contribution in [0.4, 0.5) is 9.59 Å². The van der Waals surface area contributed by atoms with E-state index in [0.29, 0.717) is 13.1 Å². The van der Waals surface area contributed by atoms with Gasteiger partial charge in [0.05, 0.1) is 29.2 Å². The van der Waals surface area contributed by atoms with Gasteiger partial charge < -0.3 is 29.2 Å². The number of H-pyrrole nitrogens is 2. The van der Waals surface area contributed by atoms with Gasteiger partial charge in [-0.3, -0.25) is 18.9 Å². The molecule has 2 aromatic carbocycles. The smallest absolute Gasteiger partial charge is 0.410 e. The van der Waals surface area contributed by atoms with Crippen LogP contribution in [0.15, 0.2) is 58.1 Å². The number of piperidine rings is 2. The second-order valence-electron chi connectivity index (χ2n) is 17.4. The number of para-hydroxylation sites is 4. The first-order valence-electron chi connectivity index (χ1n) is 19.9. The number of nitrogens with zero attached hydrogens (tertiary/aromatic N) is 6. The highest BCUT2D eigenvalue weighted by molar-refractivity contribution is 5.76. The van der Waals surface area contributed by atoms with Crippen LogP contribution in [0, 0.1) is 0 Å². The largest absolute Gasteiger partial charge is 0.453 e. The summed E-state index contributed by atoms with van der Waals surface area (Å²) in [6.45, 7) is 16.8. The molecule has 2 unspecified atom stereocenters. The van der Waals surface area contributed by atoms with Gasteiger partial charge in [0, 0.05) is 75.5 Å². The molecule has 4 aliphatic heterocycles. The maximum absolute atomic E-state index is 12.5. The van der Waals surface area contributed by atoms with Gasteiger partial charge >= 0.3 is 23.6 Å². The molecular weight excluding hydrogens is 701 g/mol. The molecule has 298 valence electrons. The van der Waals surface area contributed by atoms with E-state index in [4.69, 9.17) is 9.47 Å². The SMILES string of the molecule is CC(C)(C)OC(=O)N1CCC(C)(N2CCC(n3c(=O)[nH]c4ccccc43)CC2)C1.COC(=O)N1CCC(C)(N2CCC(n3c(=O)[nH]c4ccccc43)CC2)C1. The average molecular weight is 759 g/mol. The van der Waals surface area contributed by atoms with Crippen molar-refractivity contribution in [2.45, 2.75) is 102 Å². The van der Waals surface area contributed by atoms with Crippen molar-refractivity contribution in [2.75, 3.05) is 59.5 Å². The Labute approximate surface area is 322 Å². The first kappa shape index (κ1) is 38.7. The fourth-order valence-electron chi connectivity index (χ4n) is 9.38. The van der Waals surface area contributed by atoms with Gasteiger partial charge in [-0.1, -0.05) is 24.3 Å². The highest BCUT2D eigenvalue weighted by Gasteiger charge is 2.44. The molecule has 0 aliphatic carbocycles. The monoisotopic (exact) mass is 758 g/mol. The number of carbonyl (C=O) groups is 2. The van der Waals surface area contributed by atoms with Crippen LogP contribution in [0.3, 0.4) is 0 Å². The van der Waals surface area contributed by atoms with Gasteiger partial charge in [0.15, 0.2) is 0 Å². The lowest BCUT2D eigenvalue weighted by Gasteiger charge is -2.43. The Bertz CT molecular complexity index is 2110. The first-order chi connectivity index (χ1) is 26.2. The Morgan fingerprint density at radius 2 is 1.05 bits per heavy atom. The van der Waals surface area contributed by atoms with E-state index in [2.05, 4.69) is 33.6 Å². The number of methoxy groups -OCH3 is 1. The van der Waals surface area contributed by atoms with Gasteiger partial charge in [-0.05, 0) is 97.4 Å². The third kappa shape index (κ3) is 7.93. The van der Waals surface area contributed by atoms with Crippen LogP contribution < -0.4 is 11.4 Å². The van der Waals surface area contributed by atoms with E-state index >= 15 is 0 Å². The molecule has 14 nitrogen and oxygen atoms in total. The molecule has 0 radical (unpaired) electrons. The number of hydrogen-bond donors (Lipinski definition) is 2. The van der Waals surface area contributed by atoms with E-state index in [1.165, 1.54) is 7.11 Å². The molecular formula is C41H58N8O6. The third-order valence-corrected chi connectivity index (χ3v) is 12.4. The fourth-order valence-corrected chi connectivity index (χ4v) is 9.38. The van der Waals surface area contributed by atoms with Crippen LogP contribution in [0.2, 0.25) is 0 Å². The summed E-state index contributed by atoms with van der Waals surface area (Å²) in [4.78, 5) is 63.7. The number of amides is 2. The van der Waals surface area contributed by atoms with Gasteiger partial charge in [-0.25, -0.2) is 19.2 Å². The van der Waals surface area contributed by atoms with Crippen molar-refractivity contribution >= 4 is 34.3 Å². The zero-order valence-electron chi connectivity index (χ0n) is 33.3. The summed E-state index contributed by atoms with van der Waals surface area (Å²) >= 11 is 0. The van der Waals surface area contributed by atoms with Gasteiger partial charge in [0.25, 0.3) is 0 Å². The molecule has 2 aromatic heterocycles. The van der Waals surface area contributed by atoms with Crippen LogP contribution in [0.5, 0.6) is 0 Å². The lowest BCUT2D eigenvalue weighted by molar-refractivity contribution is 0.0221. The summed E-state index contributed by atoms with van der Waals surface area (Å²) in [7, 11) is 1.43. The van der Waals surface area contributed by atoms with E-state index in [0.717, 1.165) is 99.9 Å². The van der Waals surface area contributed by atoms with Crippen LogP contribution in [-0.2, 0) is 9.47 Å². The summed E-state index contributed by atoms with van der Waals surface area (Å²) in [5.41, 5.74) is 3.21. The van der Waals surface area contributed by atoms with E-state index in [9.17, 15) is 19.2 Å². The Hall–Kier alpha value is -4.56. The van der Waals surface area contributed by atoms with Gasteiger partial charge in [-0.2, -0.15) is 0 Å². The van der Waals surface area contributed by atoms with Gasteiger partial charge in [0.2, 0.25) is 0 Å². The normalized spacial score (nSPS) is 24.7. The molecule has 2 amide bonds. The molecule has 2 atom stereocenters. The number of carbonyl (C=O) groups excluding carboxylic acids is 2. The Morgan fingerprint density at radius 1 is 0.655 bits per heavy atom. The molecule has 4 fully saturated rings. The van der Waals surface area contributed by atoms with Crippen molar-refractivity contribution in [1.82, 2.24) is 38.7 Å². The summed E-state index contributed by atoms with van der Waals surface area (Å²) in [5.74, 6) is 0. The number of fused-ring (bicyclic) bond motifs is 2. The van der Waals surface area contributed by atoms with Crippen molar-refractivity contribution in [3.05, 3.63) is 69.5 Å². The fraction of sp³-hybridized carbons (Fsp3) is 0.610. The third-order valence-electron chi connectivity index (χ3n) is 12.4. The number of aromatic amines is 2. The van der Waals surface area contributed by atoms with Crippen molar-refractivity contribution in [3.8, 4) is 0 Å². The summed E-state index contributed by atoms with van der Waals surface area (Å²) in [5, 5.41) is 0. The number of benzene rings is 2. The Kier molecular flexibility index (Phi) is 10.7. The van der Waals surface area contributed by atoms with E-state index < -0.39 is 5.60 Å². The van der Waals surface area contributed by atoms with Crippen molar-refractivity contribution in [1.29, 1.82) is 0 Å². The molecule has 55 heavy (non-hydrogen) atoms. The van der Waals surface area contributed by atoms with Crippen LogP contribution in [-0.4, -0.2) is 127 Å². The minimum absolute atomic E-state index is 0.00959. The highest BCUT2D eigenvalue weighted by atomic mass is 16.6. The number of rotatable bonds is 4. The predicted molar refractivity (Wildman–Crippen MR) is 213 cm³/mol. The summed E-state index contributed by atoms with van der Waals surface area (Å²) < 4.78 is 14.3. The second kappa shape index (κ2) is 15.2. The standard InChI is InChI=1S/C22H32N4O3.C19H26N4O3/c1-21(2,3)29-20(28)24-14-11-22(4,15-24)25-12-9-16(10-13-25)26-18-8-6-5-7-17(18)23-19(26)27;1-19(9-12-21(13-19)18(25)26-2)22-10-7-14(8-11-22)23-16-6-4-3-5-15(16)20-17(23)24/h5-8,16H,9-15H2,1-4H3,(H,23,27);3-6,14H,7-13H2,1-2H3,(H,20,24). The quantitative estimate of drug-likeness (QED) is 0.276. The molecule has 0 saturated carbocycles. The van der Waals surface area contributed by atoms with E-state index in [1.54, 1.807) is 4.90 Å². The molecule has 6 heterocycles. The second-order valence-corrected chi connectivity index (χ2v) is 17.4. The highest BCUT2D eigenvalue weighted by Crippen LogP contribution is 2.35. The molecule has 2 N–H and O–H groups in total. The van der Waals surface area contributed by atoms with Crippen LogP contribution >= 0.6 is 0 Å². The molecule has 4 saturated heterocycles. The van der Waals surface area contributed by atoms with Gasteiger partial charge in [-0.15, -0.1) is 0 Å². The molecule has 8 rings (SSSR count). The molecule has 0 bridgehead atoms. The molecule has 4 aliphatic rings. The lowest BCUT2D eigenvalue weighted by atomic mass is 9.94. The number of likely N-dealkylation sites (tertiary alicyclic amines) is 4. The van der Waals surface area contributed by atoms with E-state index in [-0.39, 0.29) is 46.7 Å². The Balaban J connectivity index is 0.000000170. The summed E-state index contributed by atoms with van der Waals surface area (Å²) in [6.07, 6.45) is 5.19. The van der Waals surface area contributed by atoms with Gasteiger partial charge in [0.1, 0.15) is 5.60 Å². The van der Waals surface area contributed by atoms with Crippen molar-refractivity contribution < 1.29 is 19.1 Å². The lowest BCUT2D eigenvalue weighted by Crippen LogP contribution is -2.52. The van der Waals surface area contributed by atoms with Crippen LogP contribution in [0.1, 0.15) is 85.2 Å². The zero-order valence-corrected chi connectivity index (χ0v) is 33.3. The molecule has 0 spiro atoms. The van der Waals surface area contributed by atoms with Crippen molar-refractivity contribution in [3.63, 3.8) is 0 Å². The molecule has 4 aromatic rings.